The number of carbonyl (C=O) groups is 3. The molecule has 1 unspecified atom stereocenters. The van der Waals surface area contributed by atoms with E-state index in [1.54, 1.807) is 19.1 Å². The van der Waals surface area contributed by atoms with Gasteiger partial charge in [0.25, 0.3) is 5.91 Å². The Morgan fingerprint density at radius 2 is 1.61 bits per heavy atom. The SMILES string of the molecule is CCOC(=O)/C=C\C(=O)N(Cc1ccccc1)C(C(=O)NCc1ccccc1)c1ccco1. The highest BCUT2D eigenvalue weighted by Gasteiger charge is 2.32. The minimum atomic E-state index is -1.04. The lowest BCUT2D eigenvalue weighted by Crippen LogP contribution is -2.42. The van der Waals surface area contributed by atoms with Crippen LogP contribution in [0.2, 0.25) is 0 Å². The second kappa shape index (κ2) is 12.0. The number of rotatable bonds is 10. The van der Waals surface area contributed by atoms with Gasteiger partial charge in [0.15, 0.2) is 6.04 Å². The summed E-state index contributed by atoms with van der Waals surface area (Å²) in [5.74, 6) is -1.24. The van der Waals surface area contributed by atoms with Crippen LogP contribution in [0.1, 0.15) is 29.9 Å². The molecule has 170 valence electrons. The molecule has 0 saturated carbocycles. The average Bonchev–Trinajstić information content (AvgIpc) is 3.37. The Bertz CT molecular complexity index is 1060. The van der Waals surface area contributed by atoms with Crippen molar-refractivity contribution in [3.8, 4) is 0 Å². The summed E-state index contributed by atoms with van der Waals surface area (Å²) in [5, 5.41) is 2.89. The lowest BCUT2D eigenvalue weighted by atomic mass is 10.1. The molecular weight excluding hydrogens is 420 g/mol. The number of furan rings is 1. The normalized spacial score (nSPS) is 11.7. The van der Waals surface area contributed by atoms with Gasteiger partial charge in [-0.15, -0.1) is 0 Å². The van der Waals surface area contributed by atoms with Crippen LogP contribution < -0.4 is 5.32 Å². The molecule has 0 aliphatic carbocycles. The summed E-state index contributed by atoms with van der Waals surface area (Å²) < 4.78 is 10.4. The van der Waals surface area contributed by atoms with Gasteiger partial charge in [0, 0.05) is 25.2 Å². The molecule has 0 aliphatic rings. The van der Waals surface area contributed by atoms with E-state index in [1.807, 2.05) is 60.7 Å². The van der Waals surface area contributed by atoms with E-state index in [9.17, 15) is 14.4 Å². The van der Waals surface area contributed by atoms with Crippen LogP contribution in [-0.2, 0) is 32.2 Å². The van der Waals surface area contributed by atoms with Crippen molar-refractivity contribution in [1.82, 2.24) is 10.2 Å². The molecule has 1 N–H and O–H groups in total. The number of nitrogens with zero attached hydrogens (tertiary/aromatic N) is 1. The van der Waals surface area contributed by atoms with Crippen LogP contribution in [0.15, 0.2) is 95.6 Å². The van der Waals surface area contributed by atoms with Gasteiger partial charge in [0.2, 0.25) is 5.91 Å². The van der Waals surface area contributed by atoms with E-state index >= 15 is 0 Å². The molecule has 0 saturated heterocycles. The first kappa shape index (κ1) is 23.5. The van der Waals surface area contributed by atoms with Crippen molar-refractivity contribution in [2.75, 3.05) is 6.61 Å². The monoisotopic (exact) mass is 446 g/mol. The zero-order chi connectivity index (χ0) is 23.5. The number of benzene rings is 2. The van der Waals surface area contributed by atoms with Gasteiger partial charge in [-0.2, -0.15) is 0 Å². The summed E-state index contributed by atoms with van der Waals surface area (Å²) in [6.07, 6.45) is 3.62. The van der Waals surface area contributed by atoms with Crippen molar-refractivity contribution >= 4 is 17.8 Å². The van der Waals surface area contributed by atoms with E-state index < -0.39 is 23.8 Å². The van der Waals surface area contributed by atoms with Crippen LogP contribution in [0.25, 0.3) is 0 Å². The molecule has 0 spiro atoms. The van der Waals surface area contributed by atoms with Crippen molar-refractivity contribution in [2.45, 2.75) is 26.1 Å². The van der Waals surface area contributed by atoms with Crippen LogP contribution in [0, 0.1) is 0 Å². The van der Waals surface area contributed by atoms with E-state index in [2.05, 4.69) is 5.32 Å². The molecule has 33 heavy (non-hydrogen) atoms. The zero-order valence-electron chi connectivity index (χ0n) is 18.3. The summed E-state index contributed by atoms with van der Waals surface area (Å²) in [6.45, 7) is 2.31. The Kier molecular flexibility index (Phi) is 8.59. The molecular formula is C26H26N2O5. The first-order valence-corrected chi connectivity index (χ1v) is 10.6. The van der Waals surface area contributed by atoms with Crippen molar-refractivity contribution < 1.29 is 23.5 Å². The van der Waals surface area contributed by atoms with Crippen molar-refractivity contribution in [1.29, 1.82) is 0 Å². The predicted molar refractivity (Wildman–Crippen MR) is 123 cm³/mol. The van der Waals surface area contributed by atoms with E-state index in [0.717, 1.165) is 23.3 Å². The number of nitrogens with one attached hydrogen (secondary N) is 1. The van der Waals surface area contributed by atoms with E-state index in [-0.39, 0.29) is 13.2 Å². The molecule has 1 aromatic heterocycles. The standard InChI is InChI=1S/C26H26N2O5/c1-2-32-24(30)16-15-23(29)28(19-21-12-7-4-8-13-21)25(22-14-9-17-33-22)26(31)27-18-20-10-5-3-6-11-20/h3-17,25H,2,18-19H2,1H3,(H,27,31)/b16-15-. The van der Waals surface area contributed by atoms with Gasteiger partial charge in [-0.3, -0.25) is 9.59 Å². The number of carbonyl (C=O) groups excluding carboxylic acids is 3. The molecule has 0 radical (unpaired) electrons. The van der Waals surface area contributed by atoms with Crippen LogP contribution in [-0.4, -0.2) is 29.3 Å². The van der Waals surface area contributed by atoms with Crippen molar-refractivity contribution in [3.05, 3.63) is 108 Å². The highest BCUT2D eigenvalue weighted by Crippen LogP contribution is 2.25. The molecule has 7 heteroatoms. The van der Waals surface area contributed by atoms with Crippen LogP contribution in [0.3, 0.4) is 0 Å². The van der Waals surface area contributed by atoms with Crippen LogP contribution in [0.5, 0.6) is 0 Å². The average molecular weight is 447 g/mol. The van der Waals surface area contributed by atoms with Crippen LogP contribution >= 0.6 is 0 Å². The zero-order valence-corrected chi connectivity index (χ0v) is 18.3. The van der Waals surface area contributed by atoms with Gasteiger partial charge in [-0.05, 0) is 30.2 Å². The fraction of sp³-hybridized carbons (Fsp3) is 0.192. The fourth-order valence-corrected chi connectivity index (χ4v) is 3.25. The maximum absolute atomic E-state index is 13.3. The Morgan fingerprint density at radius 3 is 2.21 bits per heavy atom. The lowest BCUT2D eigenvalue weighted by molar-refractivity contribution is -0.139. The summed E-state index contributed by atoms with van der Waals surface area (Å²) in [6, 6.07) is 21.0. The smallest absolute Gasteiger partial charge is 0.330 e. The predicted octanol–water partition coefficient (Wildman–Crippen LogP) is 3.79. The number of hydrogen-bond donors (Lipinski definition) is 1. The Balaban J connectivity index is 1.89. The lowest BCUT2D eigenvalue weighted by Gasteiger charge is -2.29. The highest BCUT2D eigenvalue weighted by molar-refractivity contribution is 5.97. The van der Waals surface area contributed by atoms with E-state index in [1.165, 1.54) is 11.2 Å². The summed E-state index contributed by atoms with van der Waals surface area (Å²) in [7, 11) is 0. The molecule has 2 amide bonds. The maximum Gasteiger partial charge on any atom is 0.330 e. The third kappa shape index (κ3) is 6.93. The Labute approximate surface area is 192 Å². The van der Waals surface area contributed by atoms with Gasteiger partial charge in [-0.25, -0.2) is 4.79 Å². The molecule has 3 rings (SSSR count). The van der Waals surface area contributed by atoms with Gasteiger partial charge >= 0.3 is 5.97 Å². The number of esters is 1. The molecule has 1 heterocycles. The molecule has 0 aliphatic heterocycles. The van der Waals surface area contributed by atoms with Crippen molar-refractivity contribution in [3.63, 3.8) is 0 Å². The molecule has 7 nitrogen and oxygen atoms in total. The van der Waals surface area contributed by atoms with Gasteiger partial charge in [0.05, 0.1) is 12.9 Å². The molecule has 2 aromatic carbocycles. The molecule has 0 fully saturated rings. The topological polar surface area (TPSA) is 88.9 Å². The van der Waals surface area contributed by atoms with Gasteiger partial charge in [-0.1, -0.05) is 60.7 Å². The first-order valence-electron chi connectivity index (χ1n) is 10.6. The third-order valence-corrected chi connectivity index (χ3v) is 4.81. The second-order valence-corrected chi connectivity index (χ2v) is 7.16. The minimum absolute atomic E-state index is 0.136. The first-order chi connectivity index (χ1) is 16.1. The van der Waals surface area contributed by atoms with Gasteiger partial charge in [0.1, 0.15) is 5.76 Å². The highest BCUT2D eigenvalue weighted by atomic mass is 16.5. The quantitative estimate of drug-likeness (QED) is 0.378. The largest absolute Gasteiger partial charge is 0.467 e. The van der Waals surface area contributed by atoms with E-state index in [4.69, 9.17) is 9.15 Å². The maximum atomic E-state index is 13.3. The number of amides is 2. The summed E-state index contributed by atoms with van der Waals surface area (Å²) in [5.41, 5.74) is 1.75. The third-order valence-electron chi connectivity index (χ3n) is 4.81. The number of ether oxygens (including phenoxy) is 1. The van der Waals surface area contributed by atoms with Gasteiger partial charge < -0.3 is 19.4 Å². The number of hydrogen-bond acceptors (Lipinski definition) is 5. The summed E-state index contributed by atoms with van der Waals surface area (Å²) in [4.78, 5) is 39.6. The fourth-order valence-electron chi connectivity index (χ4n) is 3.25. The minimum Gasteiger partial charge on any atom is -0.467 e. The molecule has 0 bridgehead atoms. The van der Waals surface area contributed by atoms with Crippen LogP contribution in [0.4, 0.5) is 0 Å². The van der Waals surface area contributed by atoms with Crippen molar-refractivity contribution in [2.24, 2.45) is 0 Å². The molecule has 1 atom stereocenters. The Morgan fingerprint density at radius 1 is 0.939 bits per heavy atom. The van der Waals surface area contributed by atoms with E-state index in [0.29, 0.717) is 12.3 Å². The Hall–Kier alpha value is -4.13. The summed E-state index contributed by atoms with van der Waals surface area (Å²) >= 11 is 0. The second-order valence-electron chi connectivity index (χ2n) is 7.16. The molecule has 3 aromatic rings.